The standard InChI is InChI=1S/C14H20FN/c1-11(2)4-9-14(16-3)10-12-5-7-13(15)8-6-12/h5-8,14,16H,1,4,9-10H2,2-3H3. The van der Waals surface area contributed by atoms with E-state index in [2.05, 4.69) is 11.9 Å². The van der Waals surface area contributed by atoms with Crippen LogP contribution in [0.1, 0.15) is 25.3 Å². The minimum atomic E-state index is -0.174. The van der Waals surface area contributed by atoms with Crippen LogP contribution in [0.5, 0.6) is 0 Å². The van der Waals surface area contributed by atoms with E-state index in [0.29, 0.717) is 6.04 Å². The predicted octanol–water partition coefficient (Wildman–Crippen LogP) is 3.31. The summed E-state index contributed by atoms with van der Waals surface area (Å²) < 4.78 is 12.7. The van der Waals surface area contributed by atoms with Crippen molar-refractivity contribution in [2.24, 2.45) is 0 Å². The van der Waals surface area contributed by atoms with Crippen molar-refractivity contribution in [3.05, 3.63) is 47.8 Å². The molecule has 0 aliphatic heterocycles. The molecule has 0 saturated heterocycles. The molecule has 1 rings (SSSR count). The van der Waals surface area contributed by atoms with Crippen molar-refractivity contribution in [1.29, 1.82) is 0 Å². The molecule has 0 spiro atoms. The monoisotopic (exact) mass is 221 g/mol. The summed E-state index contributed by atoms with van der Waals surface area (Å²) in [7, 11) is 1.96. The highest BCUT2D eigenvalue weighted by Gasteiger charge is 2.07. The van der Waals surface area contributed by atoms with Crippen molar-refractivity contribution in [2.45, 2.75) is 32.2 Å². The van der Waals surface area contributed by atoms with Gasteiger partial charge in [0.1, 0.15) is 5.82 Å². The van der Waals surface area contributed by atoms with E-state index < -0.39 is 0 Å². The molecule has 0 aliphatic carbocycles. The lowest BCUT2D eigenvalue weighted by Gasteiger charge is -2.16. The van der Waals surface area contributed by atoms with Crippen molar-refractivity contribution in [3.8, 4) is 0 Å². The molecular weight excluding hydrogens is 201 g/mol. The number of nitrogens with one attached hydrogen (secondary N) is 1. The van der Waals surface area contributed by atoms with Crippen molar-refractivity contribution in [2.75, 3.05) is 7.05 Å². The molecule has 88 valence electrons. The summed E-state index contributed by atoms with van der Waals surface area (Å²) in [5.41, 5.74) is 2.38. The fraction of sp³-hybridized carbons (Fsp3) is 0.429. The normalized spacial score (nSPS) is 12.4. The van der Waals surface area contributed by atoms with Crippen LogP contribution in [-0.4, -0.2) is 13.1 Å². The molecule has 1 atom stereocenters. The van der Waals surface area contributed by atoms with Crippen molar-refractivity contribution < 1.29 is 4.39 Å². The minimum absolute atomic E-state index is 0.174. The predicted molar refractivity (Wildman–Crippen MR) is 67.0 cm³/mol. The fourth-order valence-corrected chi connectivity index (χ4v) is 1.67. The van der Waals surface area contributed by atoms with Gasteiger partial charge in [-0.1, -0.05) is 17.7 Å². The van der Waals surface area contributed by atoms with E-state index in [0.717, 1.165) is 19.3 Å². The van der Waals surface area contributed by atoms with Gasteiger partial charge in [0.25, 0.3) is 0 Å². The summed E-state index contributed by atoms with van der Waals surface area (Å²) in [5.74, 6) is -0.174. The lowest BCUT2D eigenvalue weighted by Crippen LogP contribution is -2.27. The third-order valence-electron chi connectivity index (χ3n) is 2.72. The van der Waals surface area contributed by atoms with Gasteiger partial charge in [-0.05, 0) is 50.9 Å². The Hall–Kier alpha value is -1.15. The second kappa shape index (κ2) is 6.44. The zero-order valence-electron chi connectivity index (χ0n) is 10.1. The molecule has 0 heterocycles. The quantitative estimate of drug-likeness (QED) is 0.727. The van der Waals surface area contributed by atoms with Crippen molar-refractivity contribution >= 4 is 0 Å². The molecule has 0 saturated carbocycles. The number of likely N-dealkylation sites (N-methyl/N-ethyl adjacent to an activating group) is 1. The molecule has 0 aromatic heterocycles. The maximum Gasteiger partial charge on any atom is 0.123 e. The molecule has 0 aliphatic rings. The SMILES string of the molecule is C=C(C)CCC(Cc1ccc(F)cc1)NC. The Morgan fingerprint density at radius 2 is 2.00 bits per heavy atom. The Balaban J connectivity index is 2.49. The minimum Gasteiger partial charge on any atom is -0.317 e. The van der Waals surface area contributed by atoms with Gasteiger partial charge < -0.3 is 5.32 Å². The first kappa shape index (κ1) is 12.9. The second-order valence-corrected chi connectivity index (χ2v) is 4.31. The molecule has 0 bridgehead atoms. The number of halogens is 1. The van der Waals surface area contributed by atoms with Gasteiger partial charge in [-0.15, -0.1) is 6.58 Å². The topological polar surface area (TPSA) is 12.0 Å². The van der Waals surface area contributed by atoms with E-state index in [1.54, 1.807) is 0 Å². The maximum atomic E-state index is 12.7. The van der Waals surface area contributed by atoms with Crippen LogP contribution in [0, 0.1) is 5.82 Å². The van der Waals surface area contributed by atoms with Crippen LogP contribution in [0.25, 0.3) is 0 Å². The molecule has 2 heteroatoms. The summed E-state index contributed by atoms with van der Waals surface area (Å²) in [5, 5.41) is 3.29. The molecule has 1 aromatic carbocycles. The largest absolute Gasteiger partial charge is 0.317 e. The van der Waals surface area contributed by atoms with Gasteiger partial charge in [-0.3, -0.25) is 0 Å². The van der Waals surface area contributed by atoms with Gasteiger partial charge >= 0.3 is 0 Å². The average molecular weight is 221 g/mol. The summed E-state index contributed by atoms with van der Waals surface area (Å²) in [6.45, 7) is 5.95. The highest BCUT2D eigenvalue weighted by Crippen LogP contribution is 2.11. The maximum absolute atomic E-state index is 12.7. The van der Waals surface area contributed by atoms with Crippen molar-refractivity contribution in [3.63, 3.8) is 0 Å². The van der Waals surface area contributed by atoms with Crippen LogP contribution >= 0.6 is 0 Å². The highest BCUT2D eigenvalue weighted by atomic mass is 19.1. The van der Waals surface area contributed by atoms with Crippen LogP contribution in [0.4, 0.5) is 4.39 Å². The molecule has 0 amide bonds. The number of hydrogen-bond acceptors (Lipinski definition) is 1. The number of benzene rings is 1. The van der Waals surface area contributed by atoms with Crippen molar-refractivity contribution in [1.82, 2.24) is 5.32 Å². The summed E-state index contributed by atoms with van der Waals surface area (Å²) in [6, 6.07) is 7.16. The number of hydrogen-bond donors (Lipinski definition) is 1. The van der Waals surface area contributed by atoms with E-state index in [4.69, 9.17) is 0 Å². The second-order valence-electron chi connectivity index (χ2n) is 4.31. The van der Waals surface area contributed by atoms with Crippen LogP contribution in [0.3, 0.4) is 0 Å². The third-order valence-corrected chi connectivity index (χ3v) is 2.72. The van der Waals surface area contributed by atoms with Gasteiger partial charge in [0, 0.05) is 6.04 Å². The van der Waals surface area contributed by atoms with Gasteiger partial charge in [-0.25, -0.2) is 4.39 Å². The van der Waals surface area contributed by atoms with Gasteiger partial charge in [-0.2, -0.15) is 0 Å². The van der Waals surface area contributed by atoms with Gasteiger partial charge in [0.15, 0.2) is 0 Å². The van der Waals surface area contributed by atoms with Gasteiger partial charge in [0.2, 0.25) is 0 Å². The Bertz CT molecular complexity index is 329. The van der Waals surface area contributed by atoms with E-state index in [-0.39, 0.29) is 5.82 Å². The average Bonchev–Trinajstić information content (AvgIpc) is 2.26. The first-order valence-electron chi connectivity index (χ1n) is 5.68. The number of rotatable bonds is 6. The molecule has 16 heavy (non-hydrogen) atoms. The Kier molecular flexibility index (Phi) is 5.20. The van der Waals surface area contributed by atoms with Crippen LogP contribution in [0.2, 0.25) is 0 Å². The lowest BCUT2D eigenvalue weighted by molar-refractivity contribution is 0.519. The molecule has 0 radical (unpaired) electrons. The molecule has 1 unspecified atom stereocenters. The first-order chi connectivity index (χ1) is 7.61. The summed E-state index contributed by atoms with van der Waals surface area (Å²) in [6.07, 6.45) is 3.04. The molecular formula is C14H20FN. The van der Waals surface area contributed by atoms with E-state index in [9.17, 15) is 4.39 Å². The molecule has 1 nitrogen and oxygen atoms in total. The fourth-order valence-electron chi connectivity index (χ4n) is 1.67. The lowest BCUT2D eigenvalue weighted by atomic mass is 10.00. The zero-order chi connectivity index (χ0) is 12.0. The van der Waals surface area contributed by atoms with Crippen LogP contribution in [-0.2, 0) is 6.42 Å². The van der Waals surface area contributed by atoms with Crippen LogP contribution < -0.4 is 5.32 Å². The Morgan fingerprint density at radius 1 is 1.38 bits per heavy atom. The smallest absolute Gasteiger partial charge is 0.123 e. The number of allylic oxidation sites excluding steroid dienone is 1. The van der Waals surface area contributed by atoms with Gasteiger partial charge in [0.05, 0.1) is 0 Å². The first-order valence-corrected chi connectivity index (χ1v) is 5.68. The molecule has 1 N–H and O–H groups in total. The molecule has 0 fully saturated rings. The van der Waals surface area contributed by atoms with Crippen LogP contribution in [0.15, 0.2) is 36.4 Å². The summed E-state index contributed by atoms with van der Waals surface area (Å²) in [4.78, 5) is 0. The zero-order valence-corrected chi connectivity index (χ0v) is 10.1. The molecule has 1 aromatic rings. The van der Waals surface area contributed by atoms with E-state index >= 15 is 0 Å². The Labute approximate surface area is 97.4 Å². The highest BCUT2D eigenvalue weighted by molar-refractivity contribution is 5.17. The third kappa shape index (κ3) is 4.58. The Morgan fingerprint density at radius 3 is 2.50 bits per heavy atom. The van der Waals surface area contributed by atoms with E-state index in [1.807, 2.05) is 26.1 Å². The summed E-state index contributed by atoms with van der Waals surface area (Å²) >= 11 is 0. The van der Waals surface area contributed by atoms with E-state index in [1.165, 1.54) is 23.3 Å².